The molecule has 3 aliphatic rings. The van der Waals surface area contributed by atoms with E-state index < -0.39 is 0 Å². The summed E-state index contributed by atoms with van der Waals surface area (Å²) in [5, 5.41) is 11.8. The Morgan fingerprint density at radius 1 is 1.43 bits per heavy atom. The van der Waals surface area contributed by atoms with Gasteiger partial charge in [-0.3, -0.25) is 4.79 Å². The number of pyridine rings is 1. The maximum absolute atomic E-state index is 12.2. The number of hydrogen-bond donors (Lipinski definition) is 2. The largest absolute Gasteiger partial charge is 0.384 e. The molecular formula is C16H19N3O2. The minimum absolute atomic E-state index is 0.115. The van der Waals surface area contributed by atoms with Crippen LogP contribution >= 0.6 is 0 Å². The van der Waals surface area contributed by atoms with Crippen LogP contribution in [0.4, 0.5) is 0 Å². The molecule has 0 radical (unpaired) electrons. The van der Waals surface area contributed by atoms with Gasteiger partial charge in [0.25, 0.3) is 5.91 Å². The molecule has 1 amide bonds. The molecule has 0 spiro atoms. The van der Waals surface area contributed by atoms with Gasteiger partial charge in [-0.25, -0.2) is 4.98 Å². The summed E-state index contributed by atoms with van der Waals surface area (Å²) in [5.41, 5.74) is 1.12. The molecular weight excluding hydrogens is 266 g/mol. The van der Waals surface area contributed by atoms with E-state index in [9.17, 15) is 4.79 Å². The van der Waals surface area contributed by atoms with Gasteiger partial charge < -0.3 is 15.3 Å². The van der Waals surface area contributed by atoms with Crippen molar-refractivity contribution in [3.63, 3.8) is 0 Å². The Morgan fingerprint density at radius 3 is 2.81 bits per heavy atom. The second-order valence-corrected chi connectivity index (χ2v) is 5.61. The number of nitrogens with zero attached hydrogens (tertiary/aromatic N) is 2. The quantitative estimate of drug-likeness (QED) is 0.765. The Balaban J connectivity index is 1.63. The van der Waals surface area contributed by atoms with Crippen molar-refractivity contribution >= 4 is 5.91 Å². The molecule has 5 nitrogen and oxygen atoms in total. The third kappa shape index (κ3) is 3.23. The van der Waals surface area contributed by atoms with E-state index in [2.05, 4.69) is 27.0 Å². The van der Waals surface area contributed by atoms with Gasteiger partial charge in [-0.1, -0.05) is 11.8 Å². The molecule has 110 valence electrons. The number of nitrogens with one attached hydrogen (secondary N) is 1. The zero-order chi connectivity index (χ0) is 14.7. The summed E-state index contributed by atoms with van der Waals surface area (Å²) in [6.07, 6.45) is 3.91. The molecule has 1 atom stereocenters. The Bertz CT molecular complexity index is 565. The van der Waals surface area contributed by atoms with Crippen LogP contribution in [0, 0.1) is 17.8 Å². The number of amides is 1. The first kappa shape index (κ1) is 14.1. The highest BCUT2D eigenvalue weighted by Crippen LogP contribution is 2.27. The molecule has 1 aromatic heterocycles. The predicted octanol–water partition coefficient (Wildman–Crippen LogP) is 0.249. The first-order valence-electron chi connectivity index (χ1n) is 7.35. The number of carbonyl (C=O) groups is 1. The number of aliphatic hydroxyl groups excluding tert-OH is 1. The molecule has 2 bridgehead atoms. The SMILES string of the molecule is O=C(NC1CN2CCC1CC2)c1ccc(C#CCO)cn1. The summed E-state index contributed by atoms with van der Waals surface area (Å²) in [5.74, 6) is 5.81. The summed E-state index contributed by atoms with van der Waals surface area (Å²) in [4.78, 5) is 18.8. The molecule has 3 saturated heterocycles. The average Bonchev–Trinajstić information content (AvgIpc) is 2.54. The first-order valence-corrected chi connectivity index (χ1v) is 7.35. The van der Waals surface area contributed by atoms with Crippen LogP contribution in [-0.4, -0.2) is 53.2 Å². The van der Waals surface area contributed by atoms with Crippen LogP contribution in [0.15, 0.2) is 18.3 Å². The lowest BCUT2D eigenvalue weighted by Crippen LogP contribution is -2.57. The monoisotopic (exact) mass is 285 g/mol. The highest BCUT2D eigenvalue weighted by Gasteiger charge is 2.35. The van der Waals surface area contributed by atoms with Crippen LogP contribution in [-0.2, 0) is 0 Å². The van der Waals surface area contributed by atoms with Gasteiger partial charge in [0.05, 0.1) is 0 Å². The van der Waals surface area contributed by atoms with Crippen LogP contribution in [0.25, 0.3) is 0 Å². The Morgan fingerprint density at radius 2 is 2.24 bits per heavy atom. The van der Waals surface area contributed by atoms with Crippen molar-refractivity contribution < 1.29 is 9.90 Å². The maximum Gasteiger partial charge on any atom is 0.270 e. The van der Waals surface area contributed by atoms with E-state index in [0.29, 0.717) is 17.2 Å². The molecule has 21 heavy (non-hydrogen) atoms. The second-order valence-electron chi connectivity index (χ2n) is 5.61. The first-order chi connectivity index (χ1) is 10.3. The van der Waals surface area contributed by atoms with E-state index in [1.165, 1.54) is 12.8 Å². The van der Waals surface area contributed by atoms with Crippen molar-refractivity contribution in [1.82, 2.24) is 15.2 Å². The van der Waals surface area contributed by atoms with Gasteiger partial charge in [0, 0.05) is 24.3 Å². The van der Waals surface area contributed by atoms with Gasteiger partial charge in [0.15, 0.2) is 0 Å². The fourth-order valence-corrected chi connectivity index (χ4v) is 3.11. The number of aliphatic hydroxyl groups is 1. The van der Waals surface area contributed by atoms with Crippen LogP contribution in [0.3, 0.4) is 0 Å². The summed E-state index contributed by atoms with van der Waals surface area (Å²) < 4.78 is 0. The zero-order valence-corrected chi connectivity index (χ0v) is 11.9. The standard InChI is InChI=1S/C16H19N3O2/c20-9-1-2-12-3-4-14(17-10-12)16(21)18-15-11-19-7-5-13(15)6-8-19/h3-4,10,13,15,20H,5-9,11H2,(H,18,21). The topological polar surface area (TPSA) is 65.5 Å². The number of piperidine rings is 3. The van der Waals surface area contributed by atoms with E-state index in [4.69, 9.17) is 5.11 Å². The lowest BCUT2D eigenvalue weighted by molar-refractivity contribution is 0.0618. The van der Waals surface area contributed by atoms with E-state index in [1.54, 1.807) is 18.3 Å². The molecule has 1 aromatic rings. The minimum Gasteiger partial charge on any atom is -0.384 e. The van der Waals surface area contributed by atoms with Crippen molar-refractivity contribution in [1.29, 1.82) is 0 Å². The zero-order valence-electron chi connectivity index (χ0n) is 11.9. The van der Waals surface area contributed by atoms with Gasteiger partial charge in [0.2, 0.25) is 0 Å². The number of fused-ring (bicyclic) bond motifs is 3. The Hall–Kier alpha value is -1.90. The molecule has 0 aromatic carbocycles. The summed E-state index contributed by atoms with van der Waals surface area (Å²) in [7, 11) is 0. The second kappa shape index (κ2) is 6.25. The third-order valence-electron chi connectivity index (χ3n) is 4.28. The van der Waals surface area contributed by atoms with Crippen LogP contribution in [0.2, 0.25) is 0 Å². The highest BCUT2D eigenvalue weighted by atomic mass is 16.2. The van der Waals surface area contributed by atoms with E-state index in [-0.39, 0.29) is 18.6 Å². The molecule has 0 saturated carbocycles. The molecule has 0 aliphatic carbocycles. The lowest BCUT2D eigenvalue weighted by atomic mass is 9.84. The Labute approximate surface area is 124 Å². The van der Waals surface area contributed by atoms with Gasteiger partial charge in [-0.15, -0.1) is 0 Å². The third-order valence-corrected chi connectivity index (χ3v) is 4.28. The summed E-state index contributed by atoms with van der Waals surface area (Å²) in [6.45, 7) is 3.10. The van der Waals surface area contributed by atoms with Crippen LogP contribution in [0.1, 0.15) is 28.9 Å². The molecule has 4 heterocycles. The predicted molar refractivity (Wildman–Crippen MR) is 78.6 cm³/mol. The van der Waals surface area contributed by atoms with Crippen molar-refractivity contribution in [2.45, 2.75) is 18.9 Å². The summed E-state index contributed by atoms with van der Waals surface area (Å²) >= 11 is 0. The number of hydrogen-bond acceptors (Lipinski definition) is 4. The fourth-order valence-electron chi connectivity index (χ4n) is 3.11. The minimum atomic E-state index is -0.179. The summed E-state index contributed by atoms with van der Waals surface area (Å²) in [6, 6.07) is 3.68. The molecule has 2 N–H and O–H groups in total. The van der Waals surface area contributed by atoms with Crippen molar-refractivity contribution in [3.05, 3.63) is 29.6 Å². The molecule has 4 rings (SSSR count). The molecule has 3 aliphatic heterocycles. The van der Waals surface area contributed by atoms with Crippen LogP contribution in [0.5, 0.6) is 0 Å². The maximum atomic E-state index is 12.2. The number of aromatic nitrogens is 1. The van der Waals surface area contributed by atoms with Gasteiger partial charge >= 0.3 is 0 Å². The highest BCUT2D eigenvalue weighted by molar-refractivity contribution is 5.92. The lowest BCUT2D eigenvalue weighted by Gasteiger charge is -2.44. The fraction of sp³-hybridized carbons (Fsp3) is 0.500. The van der Waals surface area contributed by atoms with Crippen molar-refractivity contribution in [2.75, 3.05) is 26.2 Å². The number of rotatable bonds is 2. The van der Waals surface area contributed by atoms with Crippen LogP contribution < -0.4 is 5.32 Å². The average molecular weight is 285 g/mol. The molecule has 5 heteroatoms. The normalized spacial score (nSPS) is 26.8. The van der Waals surface area contributed by atoms with E-state index in [0.717, 1.165) is 19.6 Å². The number of carbonyl (C=O) groups excluding carboxylic acids is 1. The van der Waals surface area contributed by atoms with Gasteiger partial charge in [0.1, 0.15) is 12.3 Å². The van der Waals surface area contributed by atoms with Gasteiger partial charge in [-0.2, -0.15) is 0 Å². The van der Waals surface area contributed by atoms with E-state index >= 15 is 0 Å². The van der Waals surface area contributed by atoms with Crippen molar-refractivity contribution in [3.8, 4) is 11.8 Å². The van der Waals surface area contributed by atoms with Crippen molar-refractivity contribution in [2.24, 2.45) is 5.92 Å². The molecule has 1 unspecified atom stereocenters. The smallest absolute Gasteiger partial charge is 0.270 e. The Kier molecular flexibility index (Phi) is 4.18. The molecule has 3 fully saturated rings. The van der Waals surface area contributed by atoms with Gasteiger partial charge in [-0.05, 0) is 44.0 Å². The van der Waals surface area contributed by atoms with E-state index in [1.807, 2.05) is 0 Å².